The summed E-state index contributed by atoms with van der Waals surface area (Å²) >= 11 is 0. The molecule has 6 heteroatoms. The molecule has 144 valence electrons. The van der Waals surface area contributed by atoms with Gasteiger partial charge >= 0.3 is 0 Å². The number of hydrogen-bond donors (Lipinski definition) is 1. The number of methoxy groups -OCH3 is 2. The normalized spacial score (nSPS) is 10.8. The van der Waals surface area contributed by atoms with Crippen LogP contribution in [-0.4, -0.2) is 31.7 Å². The molecule has 1 N–H and O–H groups in total. The van der Waals surface area contributed by atoms with Crippen LogP contribution in [0.1, 0.15) is 12.5 Å². The molecule has 0 saturated heterocycles. The Balaban J connectivity index is 1.80. The number of amides is 1. The molecule has 0 aliphatic rings. The minimum Gasteiger partial charge on any atom is -0.493 e. The quantitative estimate of drug-likeness (QED) is 0.621. The summed E-state index contributed by atoms with van der Waals surface area (Å²) in [6, 6.07) is 12.8. The van der Waals surface area contributed by atoms with Gasteiger partial charge in [-0.05, 0) is 55.0 Å². The molecule has 0 fully saturated rings. The van der Waals surface area contributed by atoms with Crippen molar-refractivity contribution < 1.29 is 19.0 Å². The number of anilines is 1. The van der Waals surface area contributed by atoms with E-state index in [4.69, 9.17) is 14.2 Å². The van der Waals surface area contributed by atoms with E-state index in [0.29, 0.717) is 35.1 Å². The second-order valence-corrected chi connectivity index (χ2v) is 5.88. The van der Waals surface area contributed by atoms with Crippen molar-refractivity contribution in [3.05, 3.63) is 60.3 Å². The molecular formula is C22H22N2O4. The van der Waals surface area contributed by atoms with Crippen molar-refractivity contribution in [2.45, 2.75) is 6.92 Å². The van der Waals surface area contributed by atoms with Gasteiger partial charge in [-0.25, -0.2) is 0 Å². The van der Waals surface area contributed by atoms with Crippen LogP contribution in [0.4, 0.5) is 5.69 Å². The first-order valence-electron chi connectivity index (χ1n) is 8.88. The van der Waals surface area contributed by atoms with Crippen LogP contribution in [0.15, 0.2) is 54.7 Å². The number of aromatic nitrogens is 1. The molecule has 0 unspecified atom stereocenters. The molecule has 1 aromatic heterocycles. The third-order valence-electron chi connectivity index (χ3n) is 4.13. The van der Waals surface area contributed by atoms with E-state index in [1.54, 1.807) is 38.6 Å². The van der Waals surface area contributed by atoms with Gasteiger partial charge in [0.2, 0.25) is 5.91 Å². The molecule has 0 spiro atoms. The second-order valence-electron chi connectivity index (χ2n) is 5.88. The highest BCUT2D eigenvalue weighted by Gasteiger charge is 2.09. The minimum absolute atomic E-state index is 0.246. The Bertz CT molecular complexity index is 1010. The lowest BCUT2D eigenvalue weighted by molar-refractivity contribution is -0.111. The van der Waals surface area contributed by atoms with Gasteiger partial charge in [0.05, 0.1) is 26.5 Å². The van der Waals surface area contributed by atoms with E-state index in [9.17, 15) is 4.79 Å². The molecule has 3 rings (SSSR count). The zero-order chi connectivity index (χ0) is 19.9. The van der Waals surface area contributed by atoms with Crippen LogP contribution in [0.3, 0.4) is 0 Å². The number of ether oxygens (including phenoxy) is 3. The van der Waals surface area contributed by atoms with Crippen LogP contribution >= 0.6 is 0 Å². The third kappa shape index (κ3) is 4.23. The van der Waals surface area contributed by atoms with Crippen molar-refractivity contribution in [3.63, 3.8) is 0 Å². The summed E-state index contributed by atoms with van der Waals surface area (Å²) in [4.78, 5) is 16.8. The van der Waals surface area contributed by atoms with Crippen molar-refractivity contribution in [1.82, 2.24) is 4.98 Å². The summed E-state index contributed by atoms with van der Waals surface area (Å²) in [5.74, 6) is 1.69. The molecule has 0 aliphatic carbocycles. The maximum Gasteiger partial charge on any atom is 0.248 e. The van der Waals surface area contributed by atoms with Crippen LogP contribution in [0.5, 0.6) is 17.2 Å². The fourth-order valence-electron chi connectivity index (χ4n) is 2.83. The molecule has 0 aliphatic heterocycles. The maximum absolute atomic E-state index is 12.4. The Morgan fingerprint density at radius 3 is 2.61 bits per heavy atom. The lowest BCUT2D eigenvalue weighted by atomic mass is 10.1. The third-order valence-corrected chi connectivity index (χ3v) is 4.13. The van der Waals surface area contributed by atoms with Gasteiger partial charge in [-0.2, -0.15) is 0 Å². The fourth-order valence-corrected chi connectivity index (χ4v) is 2.83. The first kappa shape index (κ1) is 19.2. The monoisotopic (exact) mass is 378 g/mol. The molecule has 1 heterocycles. The van der Waals surface area contributed by atoms with Crippen LogP contribution < -0.4 is 19.5 Å². The molecule has 3 aromatic rings. The van der Waals surface area contributed by atoms with E-state index in [2.05, 4.69) is 10.3 Å². The zero-order valence-corrected chi connectivity index (χ0v) is 16.1. The van der Waals surface area contributed by atoms with E-state index >= 15 is 0 Å². The van der Waals surface area contributed by atoms with Gasteiger partial charge in [0, 0.05) is 17.7 Å². The van der Waals surface area contributed by atoms with E-state index in [1.165, 1.54) is 6.08 Å². The van der Waals surface area contributed by atoms with Gasteiger partial charge in [-0.3, -0.25) is 9.78 Å². The number of fused-ring (bicyclic) bond motifs is 1. The number of nitrogens with zero attached hydrogens (tertiary/aromatic N) is 1. The van der Waals surface area contributed by atoms with E-state index in [0.717, 1.165) is 10.9 Å². The average molecular weight is 378 g/mol. The smallest absolute Gasteiger partial charge is 0.248 e. The maximum atomic E-state index is 12.4. The Labute approximate surface area is 163 Å². The standard InChI is InChI=1S/C22H22N2O4/c1-4-28-19-11-9-17(16-6-5-13-23-22(16)19)24-21(25)12-8-15-7-10-18(26-2)20(14-15)27-3/h5-14H,4H2,1-3H3,(H,24,25). The largest absolute Gasteiger partial charge is 0.493 e. The van der Waals surface area contributed by atoms with E-state index in [1.807, 2.05) is 37.3 Å². The molecule has 0 saturated carbocycles. The molecular weight excluding hydrogens is 356 g/mol. The average Bonchev–Trinajstić information content (AvgIpc) is 2.74. The SMILES string of the molecule is CCOc1ccc(NC(=O)C=Cc2ccc(OC)c(OC)c2)c2cccnc12. The van der Waals surface area contributed by atoms with Gasteiger partial charge < -0.3 is 19.5 Å². The lowest BCUT2D eigenvalue weighted by Crippen LogP contribution is -2.08. The van der Waals surface area contributed by atoms with Crippen LogP contribution in [0.25, 0.3) is 17.0 Å². The van der Waals surface area contributed by atoms with Crippen LogP contribution in [0.2, 0.25) is 0 Å². The van der Waals surface area contributed by atoms with Gasteiger partial charge in [-0.1, -0.05) is 6.07 Å². The molecule has 28 heavy (non-hydrogen) atoms. The Hall–Kier alpha value is -3.54. The fraction of sp³-hybridized carbons (Fsp3) is 0.182. The summed E-state index contributed by atoms with van der Waals surface area (Å²) in [6.07, 6.45) is 4.89. The van der Waals surface area contributed by atoms with Gasteiger partial charge in [-0.15, -0.1) is 0 Å². The highest BCUT2D eigenvalue weighted by atomic mass is 16.5. The topological polar surface area (TPSA) is 69.7 Å². The van der Waals surface area contributed by atoms with Crippen molar-refractivity contribution >= 4 is 28.6 Å². The first-order chi connectivity index (χ1) is 13.7. The zero-order valence-electron chi connectivity index (χ0n) is 16.1. The van der Waals surface area contributed by atoms with E-state index in [-0.39, 0.29) is 5.91 Å². The predicted octanol–water partition coefficient (Wildman–Crippen LogP) is 4.30. The number of nitrogens with one attached hydrogen (secondary N) is 1. The van der Waals surface area contributed by atoms with Crippen molar-refractivity contribution in [2.75, 3.05) is 26.1 Å². The molecule has 0 bridgehead atoms. The van der Waals surface area contributed by atoms with Gasteiger partial charge in [0.15, 0.2) is 11.5 Å². The number of carbonyl (C=O) groups is 1. The lowest BCUT2D eigenvalue weighted by Gasteiger charge is -2.11. The number of hydrogen-bond acceptors (Lipinski definition) is 5. The van der Waals surface area contributed by atoms with Crippen LogP contribution in [-0.2, 0) is 4.79 Å². The summed E-state index contributed by atoms with van der Waals surface area (Å²) in [7, 11) is 3.15. The molecule has 0 atom stereocenters. The highest BCUT2D eigenvalue weighted by molar-refractivity contribution is 6.07. The van der Waals surface area contributed by atoms with E-state index < -0.39 is 0 Å². The highest BCUT2D eigenvalue weighted by Crippen LogP contribution is 2.30. The summed E-state index contributed by atoms with van der Waals surface area (Å²) < 4.78 is 16.1. The Morgan fingerprint density at radius 1 is 1.07 bits per heavy atom. The Morgan fingerprint density at radius 2 is 1.86 bits per heavy atom. The van der Waals surface area contributed by atoms with Gasteiger partial charge in [0.1, 0.15) is 11.3 Å². The first-order valence-corrected chi connectivity index (χ1v) is 8.88. The second kappa shape index (κ2) is 8.90. The number of carbonyl (C=O) groups excluding carboxylic acids is 1. The van der Waals surface area contributed by atoms with Gasteiger partial charge in [0.25, 0.3) is 0 Å². The van der Waals surface area contributed by atoms with Crippen molar-refractivity contribution in [1.29, 1.82) is 0 Å². The molecule has 6 nitrogen and oxygen atoms in total. The number of rotatable bonds is 7. The summed E-state index contributed by atoms with van der Waals surface area (Å²) in [5.41, 5.74) is 2.21. The molecule has 0 radical (unpaired) electrons. The number of pyridine rings is 1. The summed E-state index contributed by atoms with van der Waals surface area (Å²) in [5, 5.41) is 3.72. The minimum atomic E-state index is -0.246. The van der Waals surface area contributed by atoms with Crippen LogP contribution in [0, 0.1) is 0 Å². The molecule has 2 aromatic carbocycles. The van der Waals surface area contributed by atoms with Crippen molar-refractivity contribution in [3.8, 4) is 17.2 Å². The Kier molecular flexibility index (Phi) is 6.11. The molecule has 1 amide bonds. The number of benzene rings is 2. The predicted molar refractivity (Wildman–Crippen MR) is 110 cm³/mol. The summed E-state index contributed by atoms with van der Waals surface area (Å²) in [6.45, 7) is 2.47. The van der Waals surface area contributed by atoms with Crippen molar-refractivity contribution in [2.24, 2.45) is 0 Å².